The van der Waals surface area contributed by atoms with Gasteiger partial charge in [-0.2, -0.15) is 0 Å². The van der Waals surface area contributed by atoms with Gasteiger partial charge in [-0.15, -0.1) is 0 Å². The van der Waals surface area contributed by atoms with Gasteiger partial charge in [-0.1, -0.05) is 77.1 Å². The standard InChI is InChI=1S/C41H60N2O3/c1-27(25-42-23-24-43(7)8)30-15-20-41(36(45)46)22-21-39(5)32(35(30)41)13-14-34-38(4)18-16-31(29-11-9-28(26-44)10-12-29)37(2,3)33(38)17-19-40(34,39)6/h9-12,16,26,30,32-35,42H,1,13-15,17-25H2,2-8H3,(H,45,46). The molecule has 0 heterocycles. The van der Waals surface area contributed by atoms with Crippen LogP contribution in [0.3, 0.4) is 0 Å². The van der Waals surface area contributed by atoms with Gasteiger partial charge in [0.1, 0.15) is 6.29 Å². The molecule has 1 aromatic rings. The Kier molecular flexibility index (Phi) is 8.58. The highest BCUT2D eigenvalue weighted by atomic mass is 16.4. The average molecular weight is 629 g/mol. The van der Waals surface area contributed by atoms with Gasteiger partial charge in [0.25, 0.3) is 0 Å². The van der Waals surface area contributed by atoms with E-state index in [2.05, 4.69) is 83.7 Å². The van der Waals surface area contributed by atoms with Crippen LogP contribution in [0, 0.1) is 56.7 Å². The third-order valence-electron chi connectivity index (χ3n) is 15.4. The van der Waals surface area contributed by atoms with Crippen molar-refractivity contribution in [1.29, 1.82) is 0 Å². The highest BCUT2D eigenvalue weighted by Crippen LogP contribution is 2.77. The molecule has 0 aromatic heterocycles. The first-order valence-corrected chi connectivity index (χ1v) is 18.2. The summed E-state index contributed by atoms with van der Waals surface area (Å²) in [4.78, 5) is 26.7. The molecule has 4 saturated carbocycles. The molecule has 9 unspecified atom stereocenters. The summed E-state index contributed by atoms with van der Waals surface area (Å²) in [5.74, 6) is 1.53. The van der Waals surface area contributed by atoms with E-state index >= 15 is 0 Å². The monoisotopic (exact) mass is 628 g/mol. The SMILES string of the molecule is C=C(CNCCN(C)C)C1CCC2(C(=O)O)CCC3(C)C(CCC4C5(C)CC=C(c6ccc(C=O)cc6)C(C)(C)C5CCC43C)C12. The van der Waals surface area contributed by atoms with Crippen molar-refractivity contribution in [3.05, 3.63) is 53.6 Å². The fourth-order valence-electron chi connectivity index (χ4n) is 12.9. The predicted molar refractivity (Wildman–Crippen MR) is 188 cm³/mol. The summed E-state index contributed by atoms with van der Waals surface area (Å²) in [7, 11) is 4.20. The molecule has 5 aliphatic rings. The van der Waals surface area contributed by atoms with Crippen LogP contribution in [0.4, 0.5) is 0 Å². The molecule has 46 heavy (non-hydrogen) atoms. The maximum absolute atomic E-state index is 13.2. The van der Waals surface area contributed by atoms with Crippen molar-refractivity contribution in [2.75, 3.05) is 33.7 Å². The van der Waals surface area contributed by atoms with Gasteiger partial charge in [-0.05, 0) is 134 Å². The van der Waals surface area contributed by atoms with E-state index in [0.717, 1.165) is 70.0 Å². The number of carboxylic acids is 1. The molecule has 0 aliphatic heterocycles. The lowest BCUT2D eigenvalue weighted by atomic mass is 9.32. The largest absolute Gasteiger partial charge is 0.481 e. The van der Waals surface area contributed by atoms with E-state index < -0.39 is 11.4 Å². The second-order valence-electron chi connectivity index (χ2n) is 17.7. The number of nitrogens with one attached hydrogen (secondary N) is 1. The molecule has 0 saturated heterocycles. The van der Waals surface area contributed by atoms with Gasteiger partial charge in [0, 0.05) is 25.2 Å². The van der Waals surface area contributed by atoms with E-state index in [1.54, 1.807) is 0 Å². The molecule has 0 bridgehead atoms. The second-order valence-corrected chi connectivity index (χ2v) is 17.7. The summed E-state index contributed by atoms with van der Waals surface area (Å²) < 4.78 is 0. The van der Waals surface area contributed by atoms with Crippen molar-refractivity contribution in [1.82, 2.24) is 10.2 Å². The van der Waals surface area contributed by atoms with Crippen LogP contribution in [0.25, 0.3) is 5.57 Å². The molecule has 0 amide bonds. The number of fused-ring (bicyclic) bond motifs is 7. The van der Waals surface area contributed by atoms with Crippen LogP contribution in [0.15, 0.2) is 42.5 Å². The number of carbonyl (C=O) groups excluding carboxylic acids is 1. The van der Waals surface area contributed by atoms with Gasteiger partial charge in [0.15, 0.2) is 0 Å². The van der Waals surface area contributed by atoms with Gasteiger partial charge in [-0.3, -0.25) is 9.59 Å². The summed E-state index contributed by atoms with van der Waals surface area (Å²) in [5.41, 5.74) is 4.58. The molecule has 9 atom stereocenters. The van der Waals surface area contributed by atoms with Crippen LogP contribution in [-0.2, 0) is 4.79 Å². The summed E-state index contributed by atoms with van der Waals surface area (Å²) in [6, 6.07) is 8.19. The fraction of sp³-hybridized carbons (Fsp3) is 0.707. The minimum Gasteiger partial charge on any atom is -0.481 e. The number of aldehydes is 1. The molecule has 0 radical (unpaired) electrons. The van der Waals surface area contributed by atoms with E-state index in [1.165, 1.54) is 36.0 Å². The van der Waals surface area contributed by atoms with Gasteiger partial charge in [0.05, 0.1) is 5.41 Å². The number of allylic oxidation sites excluding steroid dienone is 2. The lowest BCUT2D eigenvalue weighted by Crippen LogP contribution is -2.66. The first-order valence-electron chi connectivity index (χ1n) is 18.2. The molecule has 5 heteroatoms. The number of benzene rings is 1. The molecule has 2 N–H and O–H groups in total. The van der Waals surface area contributed by atoms with E-state index in [1.807, 2.05) is 12.1 Å². The van der Waals surface area contributed by atoms with Crippen molar-refractivity contribution >= 4 is 17.8 Å². The second kappa shape index (κ2) is 11.7. The maximum atomic E-state index is 13.2. The molecule has 252 valence electrons. The van der Waals surface area contributed by atoms with E-state index in [4.69, 9.17) is 0 Å². The van der Waals surface area contributed by atoms with Crippen LogP contribution in [0.1, 0.15) is 108 Å². The number of carbonyl (C=O) groups is 2. The minimum atomic E-state index is -0.602. The third-order valence-corrected chi connectivity index (χ3v) is 15.4. The lowest BCUT2D eigenvalue weighted by molar-refractivity contribution is -0.227. The first-order chi connectivity index (χ1) is 21.7. The van der Waals surface area contributed by atoms with Crippen molar-refractivity contribution in [2.45, 2.75) is 92.4 Å². The Bertz CT molecular complexity index is 1390. The Balaban J connectivity index is 1.31. The van der Waals surface area contributed by atoms with Crippen molar-refractivity contribution in [2.24, 2.45) is 56.7 Å². The molecule has 6 rings (SSSR count). The zero-order valence-electron chi connectivity index (χ0n) is 29.8. The maximum Gasteiger partial charge on any atom is 0.309 e. The number of likely N-dealkylation sites (N-methyl/N-ethyl adjacent to an activating group) is 1. The van der Waals surface area contributed by atoms with Crippen LogP contribution in [-0.4, -0.2) is 56.0 Å². The van der Waals surface area contributed by atoms with Crippen molar-refractivity contribution < 1.29 is 14.7 Å². The van der Waals surface area contributed by atoms with Gasteiger partial charge < -0.3 is 15.3 Å². The Morgan fingerprint density at radius 1 is 0.957 bits per heavy atom. The van der Waals surface area contributed by atoms with E-state index in [9.17, 15) is 14.7 Å². The highest BCUT2D eigenvalue weighted by molar-refractivity contribution is 5.78. The van der Waals surface area contributed by atoms with Crippen molar-refractivity contribution in [3.63, 3.8) is 0 Å². The van der Waals surface area contributed by atoms with Gasteiger partial charge in [0.2, 0.25) is 0 Å². The molecular formula is C41H60N2O3. The molecular weight excluding hydrogens is 568 g/mol. The third kappa shape index (κ3) is 4.84. The molecule has 5 aliphatic carbocycles. The normalized spacial score (nSPS) is 41.0. The minimum absolute atomic E-state index is 0.0354. The Morgan fingerprint density at radius 2 is 1.67 bits per heavy atom. The molecule has 1 aromatic carbocycles. The van der Waals surface area contributed by atoms with Crippen LogP contribution in [0.2, 0.25) is 0 Å². The zero-order valence-corrected chi connectivity index (χ0v) is 29.8. The lowest BCUT2D eigenvalue weighted by Gasteiger charge is -2.72. The number of aliphatic carboxylic acids is 1. The van der Waals surface area contributed by atoms with Crippen LogP contribution < -0.4 is 5.32 Å². The summed E-state index contributed by atoms with van der Waals surface area (Å²) in [6.07, 6.45) is 12.9. The topological polar surface area (TPSA) is 69.6 Å². The first kappa shape index (κ1) is 33.7. The zero-order chi connectivity index (χ0) is 33.3. The highest BCUT2D eigenvalue weighted by Gasteiger charge is 2.71. The van der Waals surface area contributed by atoms with Crippen LogP contribution in [0.5, 0.6) is 0 Å². The predicted octanol–water partition coefficient (Wildman–Crippen LogP) is 8.37. The molecule has 4 fully saturated rings. The smallest absolute Gasteiger partial charge is 0.309 e. The van der Waals surface area contributed by atoms with Crippen LogP contribution >= 0.6 is 0 Å². The Morgan fingerprint density at radius 3 is 2.33 bits per heavy atom. The molecule has 5 nitrogen and oxygen atoms in total. The quantitative estimate of drug-likeness (QED) is 0.163. The Hall–Kier alpha value is -2.24. The average Bonchev–Trinajstić information content (AvgIpc) is 3.41. The number of carboxylic acid groups (broad SMARTS) is 1. The number of nitrogens with zero attached hydrogens (tertiary/aromatic N) is 1. The number of hydrogen-bond acceptors (Lipinski definition) is 4. The summed E-state index contributed by atoms with van der Waals surface area (Å²) in [6.45, 7) is 20.1. The van der Waals surface area contributed by atoms with Crippen molar-refractivity contribution in [3.8, 4) is 0 Å². The summed E-state index contributed by atoms with van der Waals surface area (Å²) >= 11 is 0. The fourth-order valence-corrected chi connectivity index (χ4v) is 12.9. The van der Waals surface area contributed by atoms with Gasteiger partial charge >= 0.3 is 5.97 Å². The number of rotatable bonds is 9. The number of hydrogen-bond donors (Lipinski definition) is 2. The van der Waals surface area contributed by atoms with E-state index in [-0.39, 0.29) is 33.5 Å². The van der Waals surface area contributed by atoms with Gasteiger partial charge in [-0.25, -0.2) is 0 Å². The molecule has 0 spiro atoms. The van der Waals surface area contributed by atoms with E-state index in [0.29, 0.717) is 17.8 Å². The Labute approximate surface area is 278 Å². The summed E-state index contributed by atoms with van der Waals surface area (Å²) in [5, 5.41) is 14.5.